The number of phenolic OH excluding ortho intramolecular Hbond substituents is 1. The first kappa shape index (κ1) is 17.5. The maximum Gasteiger partial charge on any atom is 0.296 e. The molecule has 1 aromatic heterocycles. The summed E-state index contributed by atoms with van der Waals surface area (Å²) in [7, 11) is 1.50. The summed E-state index contributed by atoms with van der Waals surface area (Å²) in [5, 5.41) is 22.2. The van der Waals surface area contributed by atoms with Crippen LogP contribution in [0.5, 0.6) is 11.5 Å². The van der Waals surface area contributed by atoms with Crippen molar-refractivity contribution >= 4 is 5.91 Å². The van der Waals surface area contributed by atoms with Gasteiger partial charge in [0.05, 0.1) is 0 Å². The number of aromatic hydroxyl groups is 2. The van der Waals surface area contributed by atoms with Crippen molar-refractivity contribution < 1.29 is 15.0 Å². The van der Waals surface area contributed by atoms with Crippen LogP contribution in [0.15, 0.2) is 29.1 Å². The van der Waals surface area contributed by atoms with Crippen LogP contribution < -0.4 is 10.9 Å². The number of benzene rings is 1. The van der Waals surface area contributed by atoms with E-state index in [4.69, 9.17) is 0 Å². The van der Waals surface area contributed by atoms with Crippen LogP contribution in [0, 0.1) is 0 Å². The maximum absolute atomic E-state index is 12.3. The van der Waals surface area contributed by atoms with E-state index in [-0.39, 0.29) is 18.0 Å². The third kappa shape index (κ3) is 3.40. The van der Waals surface area contributed by atoms with Gasteiger partial charge in [-0.05, 0) is 6.07 Å². The van der Waals surface area contributed by atoms with E-state index < -0.39 is 22.6 Å². The summed E-state index contributed by atoms with van der Waals surface area (Å²) in [5.41, 5.74) is -0.958. The SMILES string of the molecule is Cn1c(C(C)(C)C)nc(C(=O)NCc2ccccc2O)c(O)c1=O. The van der Waals surface area contributed by atoms with E-state index in [1.807, 2.05) is 20.8 Å². The van der Waals surface area contributed by atoms with Gasteiger partial charge in [0.2, 0.25) is 5.75 Å². The highest BCUT2D eigenvalue weighted by atomic mass is 16.3. The molecule has 2 aromatic rings. The van der Waals surface area contributed by atoms with Gasteiger partial charge in [-0.25, -0.2) is 4.98 Å². The standard InChI is InChI=1S/C17H21N3O4/c1-17(2,3)16-19-12(13(22)15(24)20(16)4)14(23)18-9-10-7-5-6-8-11(10)21/h5-8,21-22H,9H2,1-4H3,(H,18,23). The molecule has 0 unspecified atom stereocenters. The van der Waals surface area contributed by atoms with Crippen LogP contribution >= 0.6 is 0 Å². The summed E-state index contributed by atoms with van der Waals surface area (Å²) < 4.78 is 1.23. The number of hydrogen-bond donors (Lipinski definition) is 3. The Hall–Kier alpha value is -2.83. The van der Waals surface area contributed by atoms with Crippen molar-refractivity contribution in [1.29, 1.82) is 0 Å². The largest absolute Gasteiger partial charge is 0.508 e. The molecule has 3 N–H and O–H groups in total. The summed E-state index contributed by atoms with van der Waals surface area (Å²) in [4.78, 5) is 28.6. The Morgan fingerprint density at radius 3 is 2.46 bits per heavy atom. The number of phenols is 1. The molecule has 7 heteroatoms. The minimum Gasteiger partial charge on any atom is -0.508 e. The quantitative estimate of drug-likeness (QED) is 0.789. The molecule has 0 bridgehead atoms. The number of aromatic nitrogens is 2. The summed E-state index contributed by atoms with van der Waals surface area (Å²) in [6, 6.07) is 6.57. The Kier molecular flexibility index (Phi) is 4.64. The first-order chi connectivity index (χ1) is 11.1. The van der Waals surface area contributed by atoms with Gasteiger partial charge in [0.15, 0.2) is 5.69 Å². The molecule has 0 fully saturated rings. The number of hydrogen-bond acceptors (Lipinski definition) is 5. The summed E-state index contributed by atoms with van der Waals surface area (Å²) in [6.07, 6.45) is 0. The zero-order valence-electron chi connectivity index (χ0n) is 14.1. The van der Waals surface area contributed by atoms with Crippen LogP contribution in [0.3, 0.4) is 0 Å². The molecular formula is C17H21N3O4. The molecular weight excluding hydrogens is 310 g/mol. The van der Waals surface area contributed by atoms with E-state index in [9.17, 15) is 19.8 Å². The van der Waals surface area contributed by atoms with Gasteiger partial charge in [-0.3, -0.25) is 14.2 Å². The van der Waals surface area contributed by atoms with E-state index in [1.165, 1.54) is 17.7 Å². The van der Waals surface area contributed by atoms with E-state index in [1.54, 1.807) is 18.2 Å². The number of amides is 1. The maximum atomic E-state index is 12.3. The summed E-state index contributed by atoms with van der Waals surface area (Å²) >= 11 is 0. The normalized spacial score (nSPS) is 11.3. The van der Waals surface area contributed by atoms with Crippen molar-refractivity contribution in [1.82, 2.24) is 14.9 Å². The first-order valence-electron chi connectivity index (χ1n) is 7.48. The Balaban J connectivity index is 2.34. The fraction of sp³-hybridized carbons (Fsp3) is 0.353. The zero-order chi connectivity index (χ0) is 18.1. The number of rotatable bonds is 3. The number of carbonyl (C=O) groups excluding carboxylic acids is 1. The Bertz CT molecular complexity index is 835. The molecule has 1 amide bonds. The van der Waals surface area contributed by atoms with E-state index in [2.05, 4.69) is 10.3 Å². The average Bonchev–Trinajstić information content (AvgIpc) is 2.50. The molecule has 0 radical (unpaired) electrons. The summed E-state index contributed by atoms with van der Waals surface area (Å²) in [5.74, 6) is -0.938. The van der Waals surface area contributed by atoms with Crippen LogP contribution in [0.25, 0.3) is 0 Å². The van der Waals surface area contributed by atoms with Gasteiger partial charge in [0, 0.05) is 24.6 Å². The van der Waals surface area contributed by atoms with Crippen molar-refractivity contribution in [2.45, 2.75) is 32.7 Å². The lowest BCUT2D eigenvalue weighted by Crippen LogP contribution is -2.33. The van der Waals surface area contributed by atoms with E-state index >= 15 is 0 Å². The molecule has 2 rings (SSSR count). The van der Waals surface area contributed by atoms with Gasteiger partial charge >= 0.3 is 0 Å². The molecule has 0 saturated heterocycles. The molecule has 0 saturated carbocycles. The van der Waals surface area contributed by atoms with Gasteiger partial charge in [-0.1, -0.05) is 39.0 Å². The lowest BCUT2D eigenvalue weighted by Gasteiger charge is -2.21. The second kappa shape index (κ2) is 6.35. The van der Waals surface area contributed by atoms with Crippen molar-refractivity contribution in [3.8, 4) is 11.5 Å². The topological polar surface area (TPSA) is 104 Å². The van der Waals surface area contributed by atoms with Crippen molar-refractivity contribution in [2.75, 3.05) is 0 Å². The lowest BCUT2D eigenvalue weighted by molar-refractivity contribution is 0.0941. The monoisotopic (exact) mass is 331 g/mol. The predicted octanol–water partition coefficient (Wildman–Crippen LogP) is 1.42. The number of nitrogens with zero attached hydrogens (tertiary/aromatic N) is 2. The second-order valence-electron chi connectivity index (χ2n) is 6.56. The van der Waals surface area contributed by atoms with Gasteiger partial charge in [-0.15, -0.1) is 0 Å². The Morgan fingerprint density at radius 2 is 1.88 bits per heavy atom. The van der Waals surface area contributed by atoms with Gasteiger partial charge in [0.25, 0.3) is 11.5 Å². The Morgan fingerprint density at radius 1 is 1.25 bits per heavy atom. The highest BCUT2D eigenvalue weighted by molar-refractivity contribution is 5.94. The molecule has 0 aliphatic rings. The third-order valence-electron chi connectivity index (χ3n) is 3.58. The van der Waals surface area contributed by atoms with E-state index in [0.29, 0.717) is 11.4 Å². The smallest absolute Gasteiger partial charge is 0.296 e. The lowest BCUT2D eigenvalue weighted by atomic mass is 9.95. The second-order valence-corrected chi connectivity index (χ2v) is 6.56. The van der Waals surface area contributed by atoms with Crippen LogP contribution in [-0.4, -0.2) is 25.7 Å². The molecule has 0 atom stereocenters. The Labute approximate surface area is 139 Å². The van der Waals surface area contributed by atoms with Crippen LogP contribution in [0.1, 0.15) is 42.6 Å². The molecule has 1 aromatic carbocycles. The predicted molar refractivity (Wildman–Crippen MR) is 89.1 cm³/mol. The van der Waals surface area contributed by atoms with Gasteiger partial charge in [-0.2, -0.15) is 0 Å². The van der Waals surface area contributed by atoms with Crippen molar-refractivity contribution in [3.63, 3.8) is 0 Å². The molecule has 1 heterocycles. The number of nitrogens with one attached hydrogen (secondary N) is 1. The fourth-order valence-electron chi connectivity index (χ4n) is 2.34. The minimum absolute atomic E-state index is 0.0483. The van der Waals surface area contributed by atoms with Crippen LogP contribution in [-0.2, 0) is 19.0 Å². The molecule has 0 aliphatic heterocycles. The van der Waals surface area contributed by atoms with E-state index in [0.717, 1.165) is 0 Å². The molecule has 0 aliphatic carbocycles. The third-order valence-corrected chi connectivity index (χ3v) is 3.58. The molecule has 128 valence electrons. The molecule has 24 heavy (non-hydrogen) atoms. The number of carbonyl (C=O) groups is 1. The van der Waals surface area contributed by atoms with Gasteiger partial charge < -0.3 is 15.5 Å². The highest BCUT2D eigenvalue weighted by Gasteiger charge is 2.26. The minimum atomic E-state index is -0.694. The average molecular weight is 331 g/mol. The number of para-hydroxylation sites is 1. The first-order valence-corrected chi connectivity index (χ1v) is 7.48. The van der Waals surface area contributed by atoms with Crippen LogP contribution in [0.2, 0.25) is 0 Å². The van der Waals surface area contributed by atoms with Crippen LogP contribution in [0.4, 0.5) is 0 Å². The van der Waals surface area contributed by atoms with Crippen molar-refractivity contribution in [2.24, 2.45) is 7.05 Å². The summed E-state index contributed by atoms with van der Waals surface area (Å²) in [6.45, 7) is 5.62. The molecule has 0 spiro atoms. The van der Waals surface area contributed by atoms with Gasteiger partial charge in [0.1, 0.15) is 11.6 Å². The molecule has 7 nitrogen and oxygen atoms in total. The zero-order valence-corrected chi connectivity index (χ0v) is 14.1. The fourth-order valence-corrected chi connectivity index (χ4v) is 2.34. The van der Waals surface area contributed by atoms with Crippen molar-refractivity contribution in [3.05, 3.63) is 51.7 Å². The highest BCUT2D eigenvalue weighted by Crippen LogP contribution is 2.21.